The summed E-state index contributed by atoms with van der Waals surface area (Å²) in [5, 5.41) is 0. The van der Waals surface area contributed by atoms with Gasteiger partial charge in [-0.1, -0.05) is 13.8 Å². The zero-order valence-corrected chi connectivity index (χ0v) is 9.46. The summed E-state index contributed by atoms with van der Waals surface area (Å²) in [6, 6.07) is 2.57. The molecule has 0 radical (unpaired) electrons. The van der Waals surface area contributed by atoms with E-state index in [0.717, 1.165) is 30.0 Å². The van der Waals surface area contributed by atoms with Gasteiger partial charge < -0.3 is 0 Å². The first-order chi connectivity index (χ1) is 6.11. The minimum absolute atomic E-state index is 0.752. The van der Waals surface area contributed by atoms with Crippen molar-refractivity contribution in [3.05, 3.63) is 0 Å². The van der Waals surface area contributed by atoms with E-state index < -0.39 is 0 Å². The molecule has 13 heavy (non-hydrogen) atoms. The Kier molecular flexibility index (Phi) is 2.39. The van der Waals surface area contributed by atoms with Crippen LogP contribution in [0.3, 0.4) is 0 Å². The summed E-state index contributed by atoms with van der Waals surface area (Å²) in [4.78, 5) is 2.79. The summed E-state index contributed by atoms with van der Waals surface area (Å²) >= 11 is 0. The molecular formula is C12H23N. The first-order valence-electron chi connectivity index (χ1n) is 5.88. The maximum Gasteiger partial charge on any atom is 0.0153 e. The Labute approximate surface area is 82.5 Å². The van der Waals surface area contributed by atoms with Gasteiger partial charge >= 0.3 is 0 Å². The van der Waals surface area contributed by atoms with Crippen LogP contribution < -0.4 is 0 Å². The normalized spacial score (nSPS) is 39.7. The zero-order valence-electron chi connectivity index (χ0n) is 9.46. The number of likely N-dealkylation sites (tertiary alicyclic amines) is 1. The predicted octanol–water partition coefficient (Wildman–Crippen LogP) is 2.90. The van der Waals surface area contributed by atoms with Gasteiger partial charge in [0.1, 0.15) is 0 Å². The van der Waals surface area contributed by atoms with Crippen LogP contribution in [0.25, 0.3) is 0 Å². The van der Waals surface area contributed by atoms with Crippen LogP contribution in [0.5, 0.6) is 0 Å². The molecule has 1 heterocycles. The molecule has 1 saturated heterocycles. The first kappa shape index (κ1) is 9.51. The van der Waals surface area contributed by atoms with E-state index in [0.29, 0.717) is 0 Å². The Morgan fingerprint density at radius 3 is 2.23 bits per heavy atom. The summed E-state index contributed by atoms with van der Waals surface area (Å²) in [6.45, 7) is 9.49. The summed E-state index contributed by atoms with van der Waals surface area (Å²) in [6.07, 6.45) is 4.45. The molecule has 1 saturated carbocycles. The maximum atomic E-state index is 2.79. The number of nitrogens with zero attached hydrogens (tertiary/aromatic N) is 1. The Bertz CT molecular complexity index is 166. The quantitative estimate of drug-likeness (QED) is 0.633. The van der Waals surface area contributed by atoms with E-state index >= 15 is 0 Å². The van der Waals surface area contributed by atoms with Crippen molar-refractivity contribution in [1.29, 1.82) is 0 Å². The van der Waals surface area contributed by atoms with Crippen molar-refractivity contribution in [1.82, 2.24) is 4.90 Å². The van der Waals surface area contributed by atoms with Crippen molar-refractivity contribution in [2.24, 2.45) is 11.8 Å². The molecule has 1 aliphatic heterocycles. The third kappa shape index (κ3) is 1.41. The number of rotatable bonds is 2. The topological polar surface area (TPSA) is 3.24 Å². The molecule has 76 valence electrons. The van der Waals surface area contributed by atoms with Gasteiger partial charge in [-0.25, -0.2) is 0 Å². The van der Waals surface area contributed by atoms with Crippen LogP contribution in [0.1, 0.15) is 47.0 Å². The molecule has 0 aromatic rings. The van der Waals surface area contributed by atoms with Crippen molar-refractivity contribution < 1.29 is 0 Å². The van der Waals surface area contributed by atoms with Crippen molar-refractivity contribution in [3.8, 4) is 0 Å². The second kappa shape index (κ2) is 3.27. The molecule has 2 aliphatic rings. The molecule has 0 amide bonds. The molecule has 0 N–H and O–H groups in total. The number of fused-ring (bicyclic) bond motifs is 2. The van der Waals surface area contributed by atoms with Gasteiger partial charge in [-0.2, -0.15) is 0 Å². The Hall–Kier alpha value is -0.0400. The van der Waals surface area contributed by atoms with Crippen LogP contribution >= 0.6 is 0 Å². The molecule has 0 spiro atoms. The standard InChI is InChI=1S/C12H23N/c1-8(2)12-10-5-6-11(7-10)13(12)9(3)4/h8-12H,5-7H2,1-4H3/t10-,11+,12-/m1/s1. The summed E-state index contributed by atoms with van der Waals surface area (Å²) in [5.74, 6) is 1.87. The fourth-order valence-electron chi connectivity index (χ4n) is 3.71. The lowest BCUT2D eigenvalue weighted by Gasteiger charge is -2.40. The monoisotopic (exact) mass is 181 g/mol. The lowest BCUT2D eigenvalue weighted by Crippen LogP contribution is -2.47. The van der Waals surface area contributed by atoms with Crippen LogP contribution in [-0.4, -0.2) is 23.0 Å². The van der Waals surface area contributed by atoms with Crippen LogP contribution in [0, 0.1) is 11.8 Å². The van der Waals surface area contributed by atoms with Gasteiger partial charge in [-0.15, -0.1) is 0 Å². The molecule has 0 aromatic heterocycles. The van der Waals surface area contributed by atoms with Gasteiger partial charge in [0.05, 0.1) is 0 Å². The molecule has 0 unspecified atom stereocenters. The minimum atomic E-state index is 0.752. The average Bonchev–Trinajstić information content (AvgIpc) is 2.60. The Morgan fingerprint density at radius 2 is 1.77 bits per heavy atom. The molecule has 2 fully saturated rings. The Morgan fingerprint density at radius 1 is 1.08 bits per heavy atom. The molecular weight excluding hydrogens is 158 g/mol. The fourth-order valence-corrected chi connectivity index (χ4v) is 3.71. The van der Waals surface area contributed by atoms with E-state index in [2.05, 4.69) is 32.6 Å². The second-order valence-corrected chi connectivity index (χ2v) is 5.50. The Balaban J connectivity index is 2.15. The largest absolute Gasteiger partial charge is 0.295 e. The minimum Gasteiger partial charge on any atom is -0.295 e. The highest BCUT2D eigenvalue weighted by Gasteiger charge is 2.47. The molecule has 1 heteroatoms. The smallest absolute Gasteiger partial charge is 0.0153 e. The van der Waals surface area contributed by atoms with Crippen LogP contribution in [0.15, 0.2) is 0 Å². The van der Waals surface area contributed by atoms with Crippen LogP contribution in [0.4, 0.5) is 0 Å². The van der Waals surface area contributed by atoms with E-state index in [1.165, 1.54) is 19.3 Å². The van der Waals surface area contributed by atoms with E-state index in [-0.39, 0.29) is 0 Å². The van der Waals surface area contributed by atoms with E-state index in [1.807, 2.05) is 0 Å². The molecule has 2 rings (SSSR count). The SMILES string of the molecule is CC(C)[C@@H]1[C@@H]2CC[C@@H](C2)N1C(C)C. The van der Waals surface area contributed by atoms with E-state index in [4.69, 9.17) is 0 Å². The first-order valence-corrected chi connectivity index (χ1v) is 5.88. The summed E-state index contributed by atoms with van der Waals surface area (Å²) in [7, 11) is 0. The molecule has 3 atom stereocenters. The zero-order chi connectivity index (χ0) is 9.59. The second-order valence-electron chi connectivity index (χ2n) is 5.50. The van der Waals surface area contributed by atoms with Crippen molar-refractivity contribution >= 4 is 0 Å². The number of hydrogen-bond donors (Lipinski definition) is 0. The average molecular weight is 181 g/mol. The molecule has 1 nitrogen and oxygen atoms in total. The number of piperidine rings is 1. The highest BCUT2D eigenvalue weighted by atomic mass is 15.3. The lowest BCUT2D eigenvalue weighted by atomic mass is 9.89. The van der Waals surface area contributed by atoms with Crippen molar-refractivity contribution in [2.75, 3.05) is 0 Å². The van der Waals surface area contributed by atoms with Crippen molar-refractivity contribution in [3.63, 3.8) is 0 Å². The summed E-state index contributed by atoms with van der Waals surface area (Å²) < 4.78 is 0. The highest BCUT2D eigenvalue weighted by Crippen LogP contribution is 2.45. The van der Waals surface area contributed by atoms with Gasteiger partial charge in [0, 0.05) is 18.1 Å². The third-order valence-electron chi connectivity index (χ3n) is 3.97. The lowest BCUT2D eigenvalue weighted by molar-refractivity contribution is 0.0732. The van der Waals surface area contributed by atoms with Crippen LogP contribution in [0.2, 0.25) is 0 Å². The van der Waals surface area contributed by atoms with Gasteiger partial charge in [0.25, 0.3) is 0 Å². The molecule has 1 aliphatic carbocycles. The maximum absolute atomic E-state index is 2.79. The highest BCUT2D eigenvalue weighted by molar-refractivity contribution is 5.01. The van der Waals surface area contributed by atoms with E-state index in [1.54, 1.807) is 0 Å². The fraction of sp³-hybridized carbons (Fsp3) is 1.00. The van der Waals surface area contributed by atoms with Gasteiger partial charge in [0.2, 0.25) is 0 Å². The van der Waals surface area contributed by atoms with Gasteiger partial charge in [0.15, 0.2) is 0 Å². The summed E-state index contributed by atoms with van der Waals surface area (Å²) in [5.41, 5.74) is 0. The predicted molar refractivity (Wildman–Crippen MR) is 56.7 cm³/mol. The third-order valence-corrected chi connectivity index (χ3v) is 3.97. The molecule has 2 bridgehead atoms. The number of hydrogen-bond acceptors (Lipinski definition) is 1. The van der Waals surface area contributed by atoms with Crippen LogP contribution in [-0.2, 0) is 0 Å². The molecule has 0 aromatic carbocycles. The van der Waals surface area contributed by atoms with E-state index in [9.17, 15) is 0 Å². The van der Waals surface area contributed by atoms with Crippen molar-refractivity contribution in [2.45, 2.75) is 65.1 Å². The van der Waals surface area contributed by atoms with Gasteiger partial charge in [-0.3, -0.25) is 4.90 Å². The van der Waals surface area contributed by atoms with Gasteiger partial charge in [-0.05, 0) is 44.9 Å².